The van der Waals surface area contributed by atoms with Crippen LogP contribution >= 0.6 is 0 Å². The molecule has 5 nitrogen and oxygen atoms in total. The van der Waals surface area contributed by atoms with Gasteiger partial charge in [0.1, 0.15) is 5.75 Å². The van der Waals surface area contributed by atoms with Crippen LogP contribution in [0.3, 0.4) is 0 Å². The van der Waals surface area contributed by atoms with Crippen LogP contribution in [0, 0.1) is 12.8 Å². The van der Waals surface area contributed by atoms with Crippen LogP contribution in [-0.4, -0.2) is 25.7 Å². The van der Waals surface area contributed by atoms with Crippen LogP contribution in [0.4, 0.5) is 0 Å². The fourth-order valence-electron chi connectivity index (χ4n) is 2.81. The van der Waals surface area contributed by atoms with Gasteiger partial charge in [-0.1, -0.05) is 45.0 Å². The number of carbonyl (C=O) groups excluding carboxylic acids is 1. The molecule has 0 spiro atoms. The Morgan fingerprint density at radius 2 is 1.83 bits per heavy atom. The highest BCUT2D eigenvalue weighted by molar-refractivity contribution is 5.81. The summed E-state index contributed by atoms with van der Waals surface area (Å²) >= 11 is 0. The summed E-state index contributed by atoms with van der Waals surface area (Å²) in [6.45, 7) is 9.29. The molecule has 1 N–H and O–H groups in total. The zero-order valence-corrected chi connectivity index (χ0v) is 18.2. The van der Waals surface area contributed by atoms with E-state index in [1.807, 2.05) is 56.3 Å². The molecule has 1 unspecified atom stereocenters. The predicted octanol–water partition coefficient (Wildman–Crippen LogP) is 4.90. The summed E-state index contributed by atoms with van der Waals surface area (Å²) in [6.07, 6.45) is 1.04. The van der Waals surface area contributed by atoms with E-state index in [1.165, 1.54) is 0 Å². The number of para-hydroxylation sites is 1. The van der Waals surface area contributed by atoms with E-state index < -0.39 is 6.10 Å². The first-order chi connectivity index (χ1) is 13.9. The predicted molar refractivity (Wildman–Crippen MR) is 116 cm³/mol. The van der Waals surface area contributed by atoms with Crippen molar-refractivity contribution in [1.29, 1.82) is 0 Å². The Morgan fingerprint density at radius 3 is 2.48 bits per heavy atom. The van der Waals surface area contributed by atoms with Crippen molar-refractivity contribution in [3.05, 3.63) is 53.6 Å². The van der Waals surface area contributed by atoms with Gasteiger partial charge >= 0.3 is 0 Å². The molecule has 0 heterocycles. The molecule has 2 aromatic rings. The molecule has 0 saturated heterocycles. The average Bonchev–Trinajstić information content (AvgIpc) is 2.71. The third-order valence-corrected chi connectivity index (χ3v) is 4.67. The molecular weight excluding hydrogens is 366 g/mol. The maximum atomic E-state index is 12.6. The number of benzene rings is 2. The zero-order chi connectivity index (χ0) is 21.2. The Labute approximate surface area is 174 Å². The van der Waals surface area contributed by atoms with Gasteiger partial charge in [0.25, 0.3) is 5.91 Å². The first-order valence-electron chi connectivity index (χ1n) is 10.2. The molecule has 0 fully saturated rings. The summed E-state index contributed by atoms with van der Waals surface area (Å²) in [4.78, 5) is 12.6. The van der Waals surface area contributed by atoms with E-state index >= 15 is 0 Å². The Hall–Kier alpha value is -2.69. The molecule has 0 aliphatic rings. The number of hydrogen-bond acceptors (Lipinski definition) is 4. The van der Waals surface area contributed by atoms with Crippen molar-refractivity contribution in [2.75, 3.05) is 13.7 Å². The second-order valence-corrected chi connectivity index (χ2v) is 7.51. The van der Waals surface area contributed by atoms with E-state index in [-0.39, 0.29) is 5.91 Å². The molecular formula is C24H33NO4. The Balaban J connectivity index is 1.95. The molecule has 1 amide bonds. The molecule has 0 aliphatic heterocycles. The van der Waals surface area contributed by atoms with Crippen LogP contribution in [0.2, 0.25) is 0 Å². The number of ether oxygens (including phenoxy) is 3. The molecule has 0 aliphatic carbocycles. The van der Waals surface area contributed by atoms with E-state index in [0.717, 1.165) is 29.0 Å². The van der Waals surface area contributed by atoms with Crippen molar-refractivity contribution in [3.63, 3.8) is 0 Å². The number of methoxy groups -OCH3 is 1. The standard InChI is InChI=1S/C24H33NO4/c1-6-20(29-21-10-8-7-9-18(21)4)24(26)25-16-19-11-12-22(23(15-19)27-5)28-14-13-17(2)3/h7-12,15,17,20H,6,13-14,16H2,1-5H3,(H,25,26). The van der Waals surface area contributed by atoms with Gasteiger partial charge in [0.15, 0.2) is 17.6 Å². The first kappa shape index (κ1) is 22.6. The maximum absolute atomic E-state index is 12.6. The van der Waals surface area contributed by atoms with Crippen molar-refractivity contribution in [2.45, 2.75) is 53.2 Å². The smallest absolute Gasteiger partial charge is 0.261 e. The summed E-state index contributed by atoms with van der Waals surface area (Å²) in [5.74, 6) is 2.58. The maximum Gasteiger partial charge on any atom is 0.261 e. The molecule has 0 radical (unpaired) electrons. The highest BCUT2D eigenvalue weighted by atomic mass is 16.5. The molecule has 2 aromatic carbocycles. The van der Waals surface area contributed by atoms with E-state index in [2.05, 4.69) is 19.2 Å². The van der Waals surface area contributed by atoms with E-state index in [1.54, 1.807) is 7.11 Å². The van der Waals surface area contributed by atoms with Crippen molar-refractivity contribution in [2.24, 2.45) is 5.92 Å². The number of hydrogen-bond donors (Lipinski definition) is 1. The van der Waals surface area contributed by atoms with E-state index in [4.69, 9.17) is 14.2 Å². The van der Waals surface area contributed by atoms with Crippen molar-refractivity contribution in [3.8, 4) is 17.2 Å². The van der Waals surface area contributed by atoms with Gasteiger partial charge in [-0.15, -0.1) is 0 Å². The third-order valence-electron chi connectivity index (χ3n) is 4.67. The zero-order valence-electron chi connectivity index (χ0n) is 18.2. The molecule has 158 valence electrons. The average molecular weight is 400 g/mol. The minimum atomic E-state index is -0.531. The summed E-state index contributed by atoms with van der Waals surface area (Å²) in [5.41, 5.74) is 1.95. The molecule has 1 atom stereocenters. The van der Waals surface area contributed by atoms with Gasteiger partial charge < -0.3 is 19.5 Å². The summed E-state index contributed by atoms with van der Waals surface area (Å²) < 4.78 is 17.2. The lowest BCUT2D eigenvalue weighted by atomic mass is 10.1. The molecule has 2 rings (SSSR count). The molecule has 5 heteroatoms. The van der Waals surface area contributed by atoms with Gasteiger partial charge in [0, 0.05) is 6.54 Å². The van der Waals surface area contributed by atoms with Crippen molar-refractivity contribution in [1.82, 2.24) is 5.32 Å². The monoisotopic (exact) mass is 399 g/mol. The second-order valence-electron chi connectivity index (χ2n) is 7.51. The number of amides is 1. The lowest BCUT2D eigenvalue weighted by Crippen LogP contribution is -2.37. The quantitative estimate of drug-likeness (QED) is 0.584. The Morgan fingerprint density at radius 1 is 1.07 bits per heavy atom. The Bertz CT molecular complexity index is 788. The summed E-state index contributed by atoms with van der Waals surface area (Å²) in [6, 6.07) is 13.4. The van der Waals surface area contributed by atoms with Gasteiger partial charge in [-0.3, -0.25) is 4.79 Å². The number of rotatable bonds is 11. The second kappa shape index (κ2) is 11.3. The van der Waals surface area contributed by atoms with Crippen LogP contribution in [0.1, 0.15) is 44.7 Å². The minimum absolute atomic E-state index is 0.132. The largest absolute Gasteiger partial charge is 0.493 e. The topological polar surface area (TPSA) is 56.8 Å². The third kappa shape index (κ3) is 7.00. The fraction of sp³-hybridized carbons (Fsp3) is 0.458. The van der Waals surface area contributed by atoms with Crippen LogP contribution in [0.25, 0.3) is 0 Å². The van der Waals surface area contributed by atoms with Gasteiger partial charge in [0.05, 0.1) is 13.7 Å². The molecule has 0 aromatic heterocycles. The van der Waals surface area contributed by atoms with Crippen LogP contribution < -0.4 is 19.5 Å². The van der Waals surface area contributed by atoms with E-state index in [9.17, 15) is 4.79 Å². The highest BCUT2D eigenvalue weighted by Crippen LogP contribution is 2.28. The normalized spacial score (nSPS) is 11.8. The van der Waals surface area contributed by atoms with Crippen LogP contribution in [0.5, 0.6) is 17.2 Å². The van der Waals surface area contributed by atoms with E-state index in [0.29, 0.717) is 31.2 Å². The van der Waals surface area contributed by atoms with Gasteiger partial charge in [-0.25, -0.2) is 0 Å². The fourth-order valence-corrected chi connectivity index (χ4v) is 2.81. The van der Waals surface area contributed by atoms with Crippen LogP contribution in [-0.2, 0) is 11.3 Å². The highest BCUT2D eigenvalue weighted by Gasteiger charge is 2.19. The molecule has 0 bridgehead atoms. The number of nitrogens with one attached hydrogen (secondary N) is 1. The molecule has 0 saturated carbocycles. The minimum Gasteiger partial charge on any atom is -0.493 e. The summed E-state index contributed by atoms with van der Waals surface area (Å²) in [7, 11) is 1.62. The number of aryl methyl sites for hydroxylation is 1. The lowest BCUT2D eigenvalue weighted by Gasteiger charge is -2.19. The summed E-state index contributed by atoms with van der Waals surface area (Å²) in [5, 5.41) is 2.96. The van der Waals surface area contributed by atoms with Gasteiger partial charge in [0.2, 0.25) is 0 Å². The van der Waals surface area contributed by atoms with Crippen LogP contribution in [0.15, 0.2) is 42.5 Å². The van der Waals surface area contributed by atoms with Crippen molar-refractivity contribution >= 4 is 5.91 Å². The Kier molecular flexibility index (Phi) is 8.84. The lowest BCUT2D eigenvalue weighted by molar-refractivity contribution is -0.128. The van der Waals surface area contributed by atoms with Gasteiger partial charge in [-0.2, -0.15) is 0 Å². The molecule has 29 heavy (non-hydrogen) atoms. The van der Waals surface area contributed by atoms with Crippen molar-refractivity contribution < 1.29 is 19.0 Å². The number of carbonyl (C=O) groups is 1. The van der Waals surface area contributed by atoms with Gasteiger partial charge in [-0.05, 0) is 55.0 Å². The first-order valence-corrected chi connectivity index (χ1v) is 10.2. The SMILES string of the molecule is CCC(Oc1ccccc1C)C(=O)NCc1ccc(OCCC(C)C)c(OC)c1.